The molecule has 0 fully saturated rings. The van der Waals surface area contributed by atoms with Crippen molar-refractivity contribution in [3.8, 4) is 0 Å². The van der Waals surface area contributed by atoms with E-state index < -0.39 is 11.7 Å². The molecule has 0 aromatic rings. The van der Waals surface area contributed by atoms with Gasteiger partial charge in [-0.1, -0.05) is 13.5 Å². The van der Waals surface area contributed by atoms with Crippen LogP contribution in [-0.4, -0.2) is 18.1 Å². The van der Waals surface area contributed by atoms with Crippen molar-refractivity contribution in [2.24, 2.45) is 5.73 Å². The summed E-state index contributed by atoms with van der Waals surface area (Å²) in [6, 6.07) is 0. The molecule has 0 aliphatic rings. The van der Waals surface area contributed by atoms with Crippen LogP contribution in [0, 0.1) is 0 Å². The monoisotopic (exact) mass is 207 g/mol. The minimum absolute atomic E-state index is 0.370. The van der Waals surface area contributed by atoms with Gasteiger partial charge >= 0.3 is 5.97 Å². The van der Waals surface area contributed by atoms with Gasteiger partial charge in [0.05, 0.1) is 0 Å². The van der Waals surface area contributed by atoms with E-state index in [-0.39, 0.29) is 0 Å². The van der Waals surface area contributed by atoms with Crippen molar-refractivity contribution in [1.82, 2.24) is 0 Å². The Morgan fingerprint density at radius 1 is 1.62 bits per heavy atom. The first-order chi connectivity index (χ1) is 5.89. The van der Waals surface area contributed by atoms with E-state index in [0.29, 0.717) is 12.0 Å². The second-order valence-corrected chi connectivity index (χ2v) is 2.84. The number of hydrogen-bond donors (Lipinski definition) is 1. The zero-order chi connectivity index (χ0) is 11.1. The van der Waals surface area contributed by atoms with Gasteiger partial charge in [0.1, 0.15) is 0 Å². The summed E-state index contributed by atoms with van der Waals surface area (Å²) in [6.45, 7) is 8.55. The molecule has 0 spiro atoms. The molecule has 3 nitrogen and oxygen atoms in total. The van der Waals surface area contributed by atoms with Gasteiger partial charge in [-0.05, 0) is 20.3 Å². The van der Waals surface area contributed by atoms with Gasteiger partial charge in [-0.25, -0.2) is 4.79 Å². The highest BCUT2D eigenvalue weighted by atomic mass is 35.5. The standard InChI is InChI=1S/C8H15NO2.CH3Cl/c1-5-8(4,9)11-7(10)6(2)3;1-2/h2,5,9H2,1,3-4H3;1H3. The number of rotatable bonds is 3. The number of halogens is 1. The van der Waals surface area contributed by atoms with Crippen molar-refractivity contribution in [2.75, 3.05) is 6.38 Å². The molecule has 13 heavy (non-hydrogen) atoms. The van der Waals surface area contributed by atoms with Crippen LogP contribution in [0.25, 0.3) is 0 Å². The topological polar surface area (TPSA) is 52.3 Å². The predicted molar refractivity (Wildman–Crippen MR) is 55.6 cm³/mol. The second kappa shape index (κ2) is 6.92. The number of esters is 1. The van der Waals surface area contributed by atoms with Crippen LogP contribution in [0.2, 0.25) is 0 Å². The molecule has 0 aliphatic heterocycles. The summed E-state index contributed by atoms with van der Waals surface area (Å²) in [6.07, 6.45) is 2.06. The van der Waals surface area contributed by atoms with E-state index in [9.17, 15) is 4.79 Å². The van der Waals surface area contributed by atoms with Crippen LogP contribution in [0.4, 0.5) is 0 Å². The van der Waals surface area contributed by atoms with Crippen molar-refractivity contribution in [2.45, 2.75) is 32.9 Å². The Morgan fingerprint density at radius 3 is 2.23 bits per heavy atom. The average molecular weight is 208 g/mol. The summed E-state index contributed by atoms with van der Waals surface area (Å²) in [5.41, 5.74) is 5.08. The maximum absolute atomic E-state index is 10.9. The quantitative estimate of drug-likeness (QED) is 0.334. The largest absolute Gasteiger partial charge is 0.441 e. The third-order valence-electron chi connectivity index (χ3n) is 1.38. The van der Waals surface area contributed by atoms with Crippen LogP contribution >= 0.6 is 11.6 Å². The maximum Gasteiger partial charge on any atom is 0.334 e. The van der Waals surface area contributed by atoms with E-state index in [4.69, 9.17) is 10.5 Å². The third kappa shape index (κ3) is 7.81. The van der Waals surface area contributed by atoms with E-state index in [1.165, 1.54) is 6.38 Å². The Labute approximate surface area is 84.9 Å². The summed E-state index contributed by atoms with van der Waals surface area (Å²) < 4.78 is 4.89. The van der Waals surface area contributed by atoms with E-state index in [1.807, 2.05) is 6.92 Å². The second-order valence-electron chi connectivity index (χ2n) is 2.84. The van der Waals surface area contributed by atoms with Gasteiger partial charge in [0.25, 0.3) is 0 Å². The molecule has 0 aromatic carbocycles. The Bertz CT molecular complexity index is 178. The lowest BCUT2D eigenvalue weighted by atomic mass is 10.2. The number of carbonyl (C=O) groups is 1. The van der Waals surface area contributed by atoms with Gasteiger partial charge in [-0.3, -0.25) is 5.73 Å². The van der Waals surface area contributed by atoms with Crippen LogP contribution in [0.3, 0.4) is 0 Å². The number of nitrogens with two attached hydrogens (primary N) is 1. The van der Waals surface area contributed by atoms with Crippen LogP contribution in [0.15, 0.2) is 12.2 Å². The van der Waals surface area contributed by atoms with Crippen LogP contribution < -0.4 is 5.73 Å². The number of hydrogen-bond acceptors (Lipinski definition) is 3. The Morgan fingerprint density at radius 2 is 2.00 bits per heavy atom. The summed E-state index contributed by atoms with van der Waals surface area (Å²) >= 11 is 4.64. The normalized spacial score (nSPS) is 13.4. The maximum atomic E-state index is 10.9. The molecule has 0 rings (SSSR count). The van der Waals surface area contributed by atoms with Crippen LogP contribution in [-0.2, 0) is 9.53 Å². The summed E-state index contributed by atoms with van der Waals surface area (Å²) in [5, 5.41) is 0. The van der Waals surface area contributed by atoms with Gasteiger partial charge in [0.2, 0.25) is 0 Å². The van der Waals surface area contributed by atoms with Gasteiger partial charge in [-0.15, -0.1) is 11.6 Å². The molecule has 0 aliphatic carbocycles. The molecule has 1 atom stereocenters. The average Bonchev–Trinajstić information content (AvgIpc) is 2.07. The summed E-state index contributed by atoms with van der Waals surface area (Å²) in [5.74, 6) is -0.433. The molecule has 0 aromatic heterocycles. The molecule has 0 saturated carbocycles. The molecular weight excluding hydrogens is 190 g/mol. The zero-order valence-electron chi connectivity index (χ0n) is 8.69. The van der Waals surface area contributed by atoms with Crippen molar-refractivity contribution in [1.29, 1.82) is 0 Å². The van der Waals surface area contributed by atoms with Gasteiger partial charge in [0.15, 0.2) is 5.72 Å². The van der Waals surface area contributed by atoms with E-state index >= 15 is 0 Å². The first-order valence-electron chi connectivity index (χ1n) is 3.94. The van der Waals surface area contributed by atoms with E-state index in [0.717, 1.165) is 0 Å². The fourth-order valence-corrected chi connectivity index (χ4v) is 0.371. The van der Waals surface area contributed by atoms with Gasteiger partial charge < -0.3 is 4.74 Å². The minimum atomic E-state index is -0.865. The first kappa shape index (κ1) is 15.0. The lowest BCUT2D eigenvalue weighted by Crippen LogP contribution is -2.40. The Balaban J connectivity index is 0. The molecule has 0 bridgehead atoms. The van der Waals surface area contributed by atoms with Crippen molar-refractivity contribution >= 4 is 17.6 Å². The molecule has 78 valence electrons. The van der Waals surface area contributed by atoms with E-state index in [2.05, 4.69) is 18.2 Å². The van der Waals surface area contributed by atoms with Gasteiger partial charge in [0, 0.05) is 12.0 Å². The molecule has 1 unspecified atom stereocenters. The molecular formula is C9H18ClNO2. The molecule has 4 heteroatoms. The zero-order valence-corrected chi connectivity index (χ0v) is 9.44. The van der Waals surface area contributed by atoms with E-state index in [1.54, 1.807) is 13.8 Å². The minimum Gasteiger partial charge on any atom is -0.441 e. The third-order valence-corrected chi connectivity index (χ3v) is 1.38. The Hall–Kier alpha value is -0.540. The molecule has 0 heterocycles. The lowest BCUT2D eigenvalue weighted by molar-refractivity contribution is -0.152. The molecule has 0 saturated heterocycles. The van der Waals surface area contributed by atoms with Crippen molar-refractivity contribution in [3.05, 3.63) is 12.2 Å². The highest BCUT2D eigenvalue weighted by Gasteiger charge is 2.20. The molecule has 0 radical (unpaired) electrons. The lowest BCUT2D eigenvalue weighted by Gasteiger charge is -2.22. The number of alkyl halides is 1. The SMILES string of the molecule is C=C(C)C(=O)OC(C)(N)CC.CCl. The molecule has 2 N–H and O–H groups in total. The summed E-state index contributed by atoms with van der Waals surface area (Å²) in [4.78, 5) is 10.9. The van der Waals surface area contributed by atoms with Gasteiger partial charge in [-0.2, -0.15) is 0 Å². The highest BCUT2D eigenvalue weighted by molar-refractivity contribution is 6.15. The number of carbonyl (C=O) groups excluding carboxylic acids is 1. The smallest absolute Gasteiger partial charge is 0.334 e. The highest BCUT2D eigenvalue weighted by Crippen LogP contribution is 2.08. The Kier molecular flexibility index (Phi) is 7.96. The molecule has 0 amide bonds. The number of ether oxygens (including phenoxy) is 1. The van der Waals surface area contributed by atoms with Crippen LogP contribution in [0.5, 0.6) is 0 Å². The fourth-order valence-electron chi connectivity index (χ4n) is 0.371. The van der Waals surface area contributed by atoms with Crippen molar-refractivity contribution < 1.29 is 9.53 Å². The van der Waals surface area contributed by atoms with Crippen LogP contribution in [0.1, 0.15) is 27.2 Å². The summed E-state index contributed by atoms with van der Waals surface area (Å²) in [7, 11) is 0. The predicted octanol–water partition coefficient (Wildman–Crippen LogP) is 2.05. The fraction of sp³-hybridized carbons (Fsp3) is 0.667. The first-order valence-corrected chi connectivity index (χ1v) is 4.70. The van der Waals surface area contributed by atoms with Crippen molar-refractivity contribution in [3.63, 3.8) is 0 Å².